The highest BCUT2D eigenvalue weighted by Gasteiger charge is 2.41. The molecule has 0 radical (unpaired) electrons. The molecule has 2 aromatic heterocycles. The van der Waals surface area contributed by atoms with E-state index < -0.39 is 0 Å². The van der Waals surface area contributed by atoms with Gasteiger partial charge in [0.1, 0.15) is 5.82 Å². The van der Waals surface area contributed by atoms with Crippen LogP contribution in [0.5, 0.6) is 5.88 Å². The van der Waals surface area contributed by atoms with E-state index >= 15 is 0 Å². The smallest absolute Gasteiger partial charge is 0.213 e. The summed E-state index contributed by atoms with van der Waals surface area (Å²) in [6.45, 7) is 4.41. The van der Waals surface area contributed by atoms with Crippen molar-refractivity contribution in [1.82, 2.24) is 9.97 Å². The topological polar surface area (TPSA) is 47.5 Å². The number of pyridine rings is 2. The minimum Gasteiger partial charge on any atom is -0.477 e. The molecule has 3 atom stereocenters. The van der Waals surface area contributed by atoms with Crippen molar-refractivity contribution in [2.75, 3.05) is 24.7 Å². The van der Waals surface area contributed by atoms with E-state index in [1.165, 1.54) is 0 Å². The van der Waals surface area contributed by atoms with Gasteiger partial charge in [-0.25, -0.2) is 9.97 Å². The zero-order valence-electron chi connectivity index (χ0n) is 14.0. The number of morpholine rings is 1. The van der Waals surface area contributed by atoms with Crippen LogP contribution in [0.15, 0.2) is 42.6 Å². The van der Waals surface area contributed by atoms with Crippen molar-refractivity contribution in [2.24, 2.45) is 5.92 Å². The van der Waals surface area contributed by atoms with Crippen LogP contribution in [-0.4, -0.2) is 41.9 Å². The molecule has 0 spiro atoms. The Kier molecular flexibility index (Phi) is 4.34. The fourth-order valence-corrected chi connectivity index (χ4v) is 3.80. The molecule has 1 aliphatic heterocycles. The second kappa shape index (κ2) is 6.77. The zero-order chi connectivity index (χ0) is 16.4. The summed E-state index contributed by atoms with van der Waals surface area (Å²) in [7, 11) is 0. The zero-order valence-corrected chi connectivity index (χ0v) is 14.0. The van der Waals surface area contributed by atoms with Gasteiger partial charge in [-0.05, 0) is 43.9 Å². The second-order valence-corrected chi connectivity index (χ2v) is 6.62. The summed E-state index contributed by atoms with van der Waals surface area (Å²) in [5.74, 6) is 2.26. The number of ether oxygens (including phenoxy) is 2. The van der Waals surface area contributed by atoms with Gasteiger partial charge in [-0.2, -0.15) is 0 Å². The Balaban J connectivity index is 1.42. The molecule has 0 aromatic carbocycles. The molecule has 2 fully saturated rings. The van der Waals surface area contributed by atoms with Crippen LogP contribution in [0.3, 0.4) is 0 Å². The monoisotopic (exact) mass is 325 g/mol. The number of hydrogen-bond donors (Lipinski definition) is 0. The van der Waals surface area contributed by atoms with Crippen LogP contribution in [0.25, 0.3) is 0 Å². The Morgan fingerprint density at radius 1 is 1.21 bits per heavy atom. The van der Waals surface area contributed by atoms with Crippen molar-refractivity contribution in [3.8, 4) is 5.88 Å². The molecule has 0 N–H and O–H groups in total. The van der Waals surface area contributed by atoms with Crippen LogP contribution in [0.1, 0.15) is 18.5 Å². The molecule has 0 amide bonds. The Hall–Kier alpha value is -2.14. The first kappa shape index (κ1) is 15.4. The Labute approximate surface area is 142 Å². The molecule has 1 aliphatic carbocycles. The number of rotatable bonds is 4. The summed E-state index contributed by atoms with van der Waals surface area (Å²) >= 11 is 0. The average Bonchev–Trinajstić information content (AvgIpc) is 3.04. The fraction of sp³-hybridized carbons (Fsp3) is 0.474. The summed E-state index contributed by atoms with van der Waals surface area (Å²) in [6.07, 6.45) is 4.16. The Morgan fingerprint density at radius 2 is 2.17 bits per heavy atom. The highest BCUT2D eigenvalue weighted by atomic mass is 16.5. The third-order valence-electron chi connectivity index (χ3n) is 4.91. The summed E-state index contributed by atoms with van der Waals surface area (Å²) in [6, 6.07) is 12.4. The van der Waals surface area contributed by atoms with Crippen LogP contribution < -0.4 is 9.64 Å². The fourth-order valence-electron chi connectivity index (χ4n) is 3.80. The molecule has 24 heavy (non-hydrogen) atoms. The van der Waals surface area contributed by atoms with Crippen LogP contribution >= 0.6 is 0 Å². The molecule has 126 valence electrons. The van der Waals surface area contributed by atoms with E-state index in [2.05, 4.69) is 22.0 Å². The van der Waals surface area contributed by atoms with E-state index in [0.29, 0.717) is 24.4 Å². The maximum Gasteiger partial charge on any atom is 0.213 e. The summed E-state index contributed by atoms with van der Waals surface area (Å²) in [4.78, 5) is 11.4. The SMILES string of the molecule is Cc1cccc(N2CCO[C@@H]3C[C@@H](COc4ccccn4)C[C@H]32)n1. The van der Waals surface area contributed by atoms with Gasteiger partial charge in [0.2, 0.25) is 5.88 Å². The van der Waals surface area contributed by atoms with Gasteiger partial charge < -0.3 is 14.4 Å². The van der Waals surface area contributed by atoms with E-state index in [1.54, 1.807) is 6.20 Å². The largest absolute Gasteiger partial charge is 0.477 e. The lowest BCUT2D eigenvalue weighted by Gasteiger charge is -2.38. The van der Waals surface area contributed by atoms with Crippen LogP contribution in [0.4, 0.5) is 5.82 Å². The maximum atomic E-state index is 6.03. The number of aromatic nitrogens is 2. The first-order chi connectivity index (χ1) is 11.8. The third-order valence-corrected chi connectivity index (χ3v) is 4.91. The quantitative estimate of drug-likeness (QED) is 0.865. The van der Waals surface area contributed by atoms with E-state index in [9.17, 15) is 0 Å². The lowest BCUT2D eigenvalue weighted by molar-refractivity contribution is 0.0230. The van der Waals surface area contributed by atoms with Gasteiger partial charge in [0.15, 0.2) is 0 Å². The van der Waals surface area contributed by atoms with E-state index in [1.807, 2.05) is 31.2 Å². The number of nitrogens with zero attached hydrogens (tertiary/aromatic N) is 3. The van der Waals surface area contributed by atoms with Crippen molar-refractivity contribution in [2.45, 2.75) is 31.9 Å². The average molecular weight is 325 g/mol. The number of anilines is 1. The van der Waals surface area contributed by atoms with E-state index in [-0.39, 0.29) is 6.10 Å². The number of fused-ring (bicyclic) bond motifs is 1. The van der Waals surface area contributed by atoms with Gasteiger partial charge in [-0.1, -0.05) is 12.1 Å². The molecule has 5 heteroatoms. The van der Waals surface area contributed by atoms with Crippen molar-refractivity contribution < 1.29 is 9.47 Å². The van der Waals surface area contributed by atoms with Gasteiger partial charge in [-0.3, -0.25) is 0 Å². The van der Waals surface area contributed by atoms with Gasteiger partial charge in [0.25, 0.3) is 0 Å². The van der Waals surface area contributed by atoms with Gasteiger partial charge in [0.05, 0.1) is 25.4 Å². The molecule has 2 aromatic rings. The predicted molar refractivity (Wildman–Crippen MR) is 92.3 cm³/mol. The normalized spacial score (nSPS) is 26.2. The lowest BCUT2D eigenvalue weighted by Crippen LogP contribution is -2.49. The maximum absolute atomic E-state index is 6.03. The molecular formula is C19H23N3O2. The molecule has 4 rings (SSSR count). The van der Waals surface area contributed by atoms with Crippen LogP contribution in [0.2, 0.25) is 0 Å². The molecule has 1 saturated carbocycles. The van der Waals surface area contributed by atoms with Crippen molar-refractivity contribution >= 4 is 5.82 Å². The number of hydrogen-bond acceptors (Lipinski definition) is 5. The number of aryl methyl sites for hydroxylation is 1. The molecule has 5 nitrogen and oxygen atoms in total. The van der Waals surface area contributed by atoms with E-state index in [0.717, 1.165) is 37.5 Å². The molecule has 0 bridgehead atoms. The highest BCUT2D eigenvalue weighted by molar-refractivity contribution is 5.42. The minimum absolute atomic E-state index is 0.276. The van der Waals surface area contributed by atoms with Crippen molar-refractivity contribution in [3.05, 3.63) is 48.3 Å². The molecule has 3 heterocycles. The third kappa shape index (κ3) is 3.22. The summed E-state index contributed by atoms with van der Waals surface area (Å²) < 4.78 is 11.9. The summed E-state index contributed by atoms with van der Waals surface area (Å²) in [5, 5.41) is 0. The summed E-state index contributed by atoms with van der Waals surface area (Å²) in [5.41, 5.74) is 1.06. The minimum atomic E-state index is 0.276. The van der Waals surface area contributed by atoms with Crippen LogP contribution in [-0.2, 0) is 4.74 Å². The van der Waals surface area contributed by atoms with Crippen molar-refractivity contribution in [3.63, 3.8) is 0 Å². The first-order valence-electron chi connectivity index (χ1n) is 8.65. The lowest BCUT2D eigenvalue weighted by atomic mass is 10.1. The van der Waals surface area contributed by atoms with Crippen molar-refractivity contribution in [1.29, 1.82) is 0 Å². The molecule has 2 aliphatic rings. The molecule has 0 unspecified atom stereocenters. The van der Waals surface area contributed by atoms with Gasteiger partial charge >= 0.3 is 0 Å². The highest BCUT2D eigenvalue weighted by Crippen LogP contribution is 2.36. The van der Waals surface area contributed by atoms with Crippen LogP contribution in [0, 0.1) is 12.8 Å². The van der Waals surface area contributed by atoms with E-state index in [4.69, 9.17) is 14.5 Å². The standard InChI is InChI=1S/C19H23N3O2/c1-14-5-4-6-18(21-14)22-9-10-23-17-12-15(11-16(17)22)13-24-19-7-2-3-8-20-19/h2-8,15-17H,9-13H2,1H3/t15-,16+,17+/m0/s1. The Bertz CT molecular complexity index is 679. The Morgan fingerprint density at radius 3 is 3.00 bits per heavy atom. The second-order valence-electron chi connectivity index (χ2n) is 6.62. The molecule has 1 saturated heterocycles. The predicted octanol–water partition coefficient (Wildman–Crippen LogP) is 2.85. The van der Waals surface area contributed by atoms with Gasteiger partial charge in [0, 0.05) is 24.5 Å². The molecular weight excluding hydrogens is 302 g/mol. The first-order valence-corrected chi connectivity index (χ1v) is 8.65. The van der Waals surface area contributed by atoms with Gasteiger partial charge in [-0.15, -0.1) is 0 Å².